The lowest BCUT2D eigenvalue weighted by Crippen LogP contribution is -2.13. The molecule has 2 aliphatic rings. The van der Waals surface area contributed by atoms with E-state index in [1.54, 1.807) is 5.71 Å². The van der Waals surface area contributed by atoms with Crippen LogP contribution in [0.25, 0.3) is 0 Å². The Morgan fingerprint density at radius 2 is 1.54 bits per heavy atom. The summed E-state index contributed by atoms with van der Waals surface area (Å²) >= 11 is 0. The van der Waals surface area contributed by atoms with E-state index in [9.17, 15) is 0 Å². The zero-order valence-electron chi connectivity index (χ0n) is 8.60. The number of hydrogen-bond donors (Lipinski definition) is 0. The maximum Gasteiger partial charge on any atom is 0.0392 e. The molecule has 1 nitrogen and oxygen atoms in total. The Bertz CT molecular complexity index is 176. The summed E-state index contributed by atoms with van der Waals surface area (Å²) in [5.74, 6) is 0.878. The van der Waals surface area contributed by atoms with Crippen LogP contribution in [0.15, 0.2) is 4.99 Å². The van der Waals surface area contributed by atoms with Crippen molar-refractivity contribution in [1.29, 1.82) is 0 Å². The average Bonchev–Trinajstić information content (AvgIpc) is 2.55. The SMILES string of the molecule is C1CCCC(C2=NCCC2)CCC1. The molecular formula is C12H21N. The Labute approximate surface area is 81.6 Å². The van der Waals surface area contributed by atoms with E-state index < -0.39 is 0 Å². The molecule has 0 N–H and O–H groups in total. The van der Waals surface area contributed by atoms with E-state index in [0.29, 0.717) is 0 Å². The van der Waals surface area contributed by atoms with Crippen LogP contribution in [0.2, 0.25) is 0 Å². The quantitative estimate of drug-likeness (QED) is 0.583. The first-order chi connectivity index (χ1) is 6.47. The molecule has 0 amide bonds. The summed E-state index contributed by atoms with van der Waals surface area (Å²) in [4.78, 5) is 4.65. The molecule has 0 aromatic rings. The van der Waals surface area contributed by atoms with Gasteiger partial charge in [-0.25, -0.2) is 0 Å². The highest BCUT2D eigenvalue weighted by molar-refractivity contribution is 5.88. The van der Waals surface area contributed by atoms with Crippen LogP contribution in [0.4, 0.5) is 0 Å². The third-order valence-corrected chi connectivity index (χ3v) is 3.48. The number of nitrogens with zero attached hydrogens (tertiary/aromatic N) is 1. The van der Waals surface area contributed by atoms with E-state index in [1.165, 1.54) is 57.8 Å². The second kappa shape index (κ2) is 4.78. The summed E-state index contributed by atoms with van der Waals surface area (Å²) in [6.07, 6.45) is 12.8. The van der Waals surface area contributed by atoms with Crippen LogP contribution >= 0.6 is 0 Å². The van der Waals surface area contributed by atoms with Gasteiger partial charge in [0, 0.05) is 12.3 Å². The van der Waals surface area contributed by atoms with Crippen molar-refractivity contribution in [3.63, 3.8) is 0 Å². The molecular weight excluding hydrogens is 158 g/mol. The van der Waals surface area contributed by atoms with Crippen LogP contribution in [0.3, 0.4) is 0 Å². The molecule has 0 bridgehead atoms. The van der Waals surface area contributed by atoms with Crippen LogP contribution in [0.1, 0.15) is 57.8 Å². The minimum atomic E-state index is 0.878. The molecule has 0 atom stereocenters. The number of rotatable bonds is 1. The number of hydrogen-bond acceptors (Lipinski definition) is 1. The van der Waals surface area contributed by atoms with Gasteiger partial charge in [0.05, 0.1) is 0 Å². The molecule has 0 spiro atoms. The highest BCUT2D eigenvalue weighted by Gasteiger charge is 2.19. The van der Waals surface area contributed by atoms with Crippen LogP contribution in [0.5, 0.6) is 0 Å². The zero-order chi connectivity index (χ0) is 8.93. The van der Waals surface area contributed by atoms with E-state index in [4.69, 9.17) is 0 Å². The predicted octanol–water partition coefficient (Wildman–Crippen LogP) is 3.58. The zero-order valence-corrected chi connectivity index (χ0v) is 8.60. The van der Waals surface area contributed by atoms with Crippen molar-refractivity contribution in [1.82, 2.24) is 0 Å². The minimum absolute atomic E-state index is 0.878. The van der Waals surface area contributed by atoms with Gasteiger partial charge >= 0.3 is 0 Å². The van der Waals surface area contributed by atoms with Crippen molar-refractivity contribution in [3.8, 4) is 0 Å². The van der Waals surface area contributed by atoms with Crippen molar-refractivity contribution in [2.75, 3.05) is 6.54 Å². The fraction of sp³-hybridized carbons (Fsp3) is 0.917. The van der Waals surface area contributed by atoms with Gasteiger partial charge in [-0.2, -0.15) is 0 Å². The largest absolute Gasteiger partial charge is 0.294 e. The van der Waals surface area contributed by atoms with E-state index in [1.807, 2.05) is 0 Å². The lowest BCUT2D eigenvalue weighted by Gasteiger charge is -2.19. The monoisotopic (exact) mass is 179 g/mol. The van der Waals surface area contributed by atoms with Crippen LogP contribution < -0.4 is 0 Å². The van der Waals surface area contributed by atoms with Gasteiger partial charge < -0.3 is 0 Å². The first-order valence-electron chi connectivity index (χ1n) is 6.00. The van der Waals surface area contributed by atoms with Gasteiger partial charge in [0.2, 0.25) is 0 Å². The smallest absolute Gasteiger partial charge is 0.0392 e. The van der Waals surface area contributed by atoms with Gasteiger partial charge in [0.25, 0.3) is 0 Å². The number of aliphatic imine (C=N–C) groups is 1. The van der Waals surface area contributed by atoms with Gasteiger partial charge in [-0.3, -0.25) is 4.99 Å². The fourth-order valence-corrected chi connectivity index (χ4v) is 2.68. The van der Waals surface area contributed by atoms with Gasteiger partial charge in [-0.05, 0) is 31.6 Å². The van der Waals surface area contributed by atoms with E-state index in [-0.39, 0.29) is 0 Å². The first kappa shape index (κ1) is 9.23. The van der Waals surface area contributed by atoms with E-state index in [2.05, 4.69) is 4.99 Å². The highest BCUT2D eigenvalue weighted by atomic mass is 14.8. The minimum Gasteiger partial charge on any atom is -0.294 e. The van der Waals surface area contributed by atoms with E-state index >= 15 is 0 Å². The molecule has 1 aliphatic carbocycles. The molecule has 0 aromatic carbocycles. The summed E-state index contributed by atoms with van der Waals surface area (Å²) in [7, 11) is 0. The van der Waals surface area contributed by atoms with Crippen LogP contribution in [0, 0.1) is 5.92 Å². The van der Waals surface area contributed by atoms with Gasteiger partial charge in [0.15, 0.2) is 0 Å². The Balaban J connectivity index is 1.87. The topological polar surface area (TPSA) is 12.4 Å². The molecule has 74 valence electrons. The molecule has 0 radical (unpaired) electrons. The molecule has 1 heterocycles. The first-order valence-corrected chi connectivity index (χ1v) is 6.00. The van der Waals surface area contributed by atoms with Crippen LogP contribution in [-0.4, -0.2) is 12.3 Å². The van der Waals surface area contributed by atoms with Crippen molar-refractivity contribution in [2.45, 2.75) is 57.8 Å². The molecule has 0 aromatic heterocycles. The summed E-state index contributed by atoms with van der Waals surface area (Å²) < 4.78 is 0. The Morgan fingerprint density at radius 3 is 2.15 bits per heavy atom. The van der Waals surface area contributed by atoms with Gasteiger partial charge in [-0.15, -0.1) is 0 Å². The maximum atomic E-state index is 4.65. The molecule has 1 heteroatoms. The lowest BCUT2D eigenvalue weighted by atomic mass is 9.87. The third kappa shape index (κ3) is 2.55. The second-order valence-electron chi connectivity index (χ2n) is 4.52. The Kier molecular flexibility index (Phi) is 3.40. The van der Waals surface area contributed by atoms with Gasteiger partial charge in [0.1, 0.15) is 0 Å². The maximum absolute atomic E-state index is 4.65. The summed E-state index contributed by atoms with van der Waals surface area (Å²) in [5, 5.41) is 0. The fourth-order valence-electron chi connectivity index (χ4n) is 2.68. The standard InChI is InChI=1S/C12H21N/c1-2-4-7-11(8-5-3-1)12-9-6-10-13-12/h11H,1-10H2. The molecule has 1 saturated carbocycles. The van der Waals surface area contributed by atoms with Crippen molar-refractivity contribution < 1.29 is 0 Å². The molecule has 1 aliphatic heterocycles. The molecule has 2 rings (SSSR count). The predicted molar refractivity (Wildman–Crippen MR) is 57.3 cm³/mol. The van der Waals surface area contributed by atoms with E-state index in [0.717, 1.165) is 12.5 Å². The van der Waals surface area contributed by atoms with Gasteiger partial charge in [-0.1, -0.05) is 32.1 Å². The highest BCUT2D eigenvalue weighted by Crippen LogP contribution is 2.26. The third-order valence-electron chi connectivity index (χ3n) is 3.48. The molecule has 0 unspecified atom stereocenters. The summed E-state index contributed by atoms with van der Waals surface area (Å²) in [6.45, 7) is 1.12. The van der Waals surface area contributed by atoms with Crippen molar-refractivity contribution in [3.05, 3.63) is 0 Å². The lowest BCUT2D eigenvalue weighted by molar-refractivity contribution is 0.450. The Hall–Kier alpha value is -0.330. The Morgan fingerprint density at radius 1 is 0.846 bits per heavy atom. The van der Waals surface area contributed by atoms with Crippen molar-refractivity contribution in [2.24, 2.45) is 10.9 Å². The summed E-state index contributed by atoms with van der Waals surface area (Å²) in [5.41, 5.74) is 1.57. The summed E-state index contributed by atoms with van der Waals surface area (Å²) in [6, 6.07) is 0. The molecule has 13 heavy (non-hydrogen) atoms. The van der Waals surface area contributed by atoms with Crippen LogP contribution in [-0.2, 0) is 0 Å². The normalized spacial score (nSPS) is 26.6. The molecule has 0 saturated heterocycles. The molecule has 1 fully saturated rings. The second-order valence-corrected chi connectivity index (χ2v) is 4.52. The van der Waals surface area contributed by atoms with Crippen molar-refractivity contribution >= 4 is 5.71 Å². The average molecular weight is 179 g/mol.